The van der Waals surface area contributed by atoms with E-state index in [4.69, 9.17) is 8.71 Å². The van der Waals surface area contributed by atoms with E-state index in [0.29, 0.717) is 22.2 Å². The number of aromatic nitrogens is 1. The number of halogens is 1. The fraction of sp³-hybridized carbons (Fsp3) is 0. The molecule has 0 radical (unpaired) electrons. The molecule has 0 aliphatic heterocycles. The van der Waals surface area contributed by atoms with Crippen molar-refractivity contribution in [2.24, 2.45) is 0 Å². The van der Waals surface area contributed by atoms with Crippen molar-refractivity contribution in [3.63, 3.8) is 0 Å². The zero-order valence-electron chi connectivity index (χ0n) is 12.5. The molecule has 25 heavy (non-hydrogen) atoms. The summed E-state index contributed by atoms with van der Waals surface area (Å²) in [6.07, 6.45) is 0. The van der Waals surface area contributed by atoms with Gasteiger partial charge in [0.1, 0.15) is 17.3 Å². The van der Waals surface area contributed by atoms with Gasteiger partial charge in [-0.05, 0) is 47.8 Å². The van der Waals surface area contributed by atoms with E-state index in [2.05, 4.69) is 5.16 Å². The summed E-state index contributed by atoms with van der Waals surface area (Å²) in [6, 6.07) is 13.6. The van der Waals surface area contributed by atoms with Gasteiger partial charge in [0.2, 0.25) is 0 Å². The van der Waals surface area contributed by atoms with E-state index < -0.39 is 10.1 Å². The Morgan fingerprint density at radius 1 is 1.08 bits per heavy atom. The van der Waals surface area contributed by atoms with E-state index >= 15 is 0 Å². The van der Waals surface area contributed by atoms with Crippen LogP contribution in [0.1, 0.15) is 0 Å². The minimum atomic E-state index is -3.87. The number of benzene rings is 2. The highest BCUT2D eigenvalue weighted by Gasteiger charge is 2.19. The number of nitrogens with zero attached hydrogens (tertiary/aromatic N) is 1. The minimum Gasteiger partial charge on any atom is -0.378 e. The van der Waals surface area contributed by atoms with Gasteiger partial charge >= 0.3 is 10.1 Å². The molecule has 126 valence electrons. The Balaban J connectivity index is 1.69. The summed E-state index contributed by atoms with van der Waals surface area (Å²) in [5, 5.41) is 6.31. The fourth-order valence-electron chi connectivity index (χ4n) is 2.36. The number of thiophene rings is 1. The van der Waals surface area contributed by atoms with Crippen LogP contribution in [0, 0.1) is 5.82 Å². The van der Waals surface area contributed by atoms with Crippen molar-refractivity contribution in [1.29, 1.82) is 0 Å². The van der Waals surface area contributed by atoms with Gasteiger partial charge in [0.25, 0.3) is 0 Å². The molecule has 4 rings (SSSR count). The van der Waals surface area contributed by atoms with Crippen LogP contribution >= 0.6 is 11.3 Å². The van der Waals surface area contributed by atoms with E-state index in [-0.39, 0.29) is 15.8 Å². The third-order valence-electron chi connectivity index (χ3n) is 3.51. The number of fused-ring (bicyclic) bond motifs is 1. The highest BCUT2D eigenvalue weighted by atomic mass is 32.3. The molecular formula is C17H10FNO4S2. The van der Waals surface area contributed by atoms with Crippen LogP contribution in [0.15, 0.2) is 68.7 Å². The lowest BCUT2D eigenvalue weighted by atomic mass is 10.1. The lowest BCUT2D eigenvalue weighted by molar-refractivity contribution is 0.456. The molecule has 0 unspecified atom stereocenters. The molecule has 2 aromatic heterocycles. The topological polar surface area (TPSA) is 69.4 Å². The molecule has 0 amide bonds. The summed E-state index contributed by atoms with van der Waals surface area (Å²) in [6.45, 7) is 0. The second-order valence-electron chi connectivity index (χ2n) is 5.17. The monoisotopic (exact) mass is 375 g/mol. The van der Waals surface area contributed by atoms with Gasteiger partial charge in [-0.3, -0.25) is 0 Å². The summed E-state index contributed by atoms with van der Waals surface area (Å²) in [4.78, 5) is 0. The van der Waals surface area contributed by atoms with Gasteiger partial charge in [-0.1, -0.05) is 11.2 Å². The predicted octanol–water partition coefficient (Wildman–Crippen LogP) is 4.46. The van der Waals surface area contributed by atoms with Crippen LogP contribution in [0.4, 0.5) is 4.39 Å². The van der Waals surface area contributed by atoms with Crippen molar-refractivity contribution < 1.29 is 21.5 Å². The van der Waals surface area contributed by atoms with E-state index in [1.54, 1.807) is 29.6 Å². The van der Waals surface area contributed by atoms with Crippen LogP contribution in [0.25, 0.3) is 22.2 Å². The average Bonchev–Trinajstić information content (AvgIpc) is 3.25. The average molecular weight is 375 g/mol. The summed E-state index contributed by atoms with van der Waals surface area (Å²) in [5.74, 6) is -0.214. The normalized spacial score (nSPS) is 11.7. The van der Waals surface area contributed by atoms with E-state index in [1.165, 1.54) is 30.3 Å². The van der Waals surface area contributed by atoms with E-state index in [9.17, 15) is 12.8 Å². The highest BCUT2D eigenvalue weighted by Crippen LogP contribution is 2.31. The summed E-state index contributed by atoms with van der Waals surface area (Å²) in [7, 11) is -3.87. The molecule has 8 heteroatoms. The standard InChI is InChI=1S/C17H10FNO4S2/c18-12-5-3-11(4-6-12)17-14-8-7-13(10-15(14)22-19-17)23-25(20,21)16-2-1-9-24-16/h1-10H. The zero-order chi connectivity index (χ0) is 17.4. The molecule has 2 aromatic carbocycles. The first-order valence-corrected chi connectivity index (χ1v) is 9.45. The van der Waals surface area contributed by atoms with Gasteiger partial charge < -0.3 is 8.71 Å². The molecular weight excluding hydrogens is 365 g/mol. The zero-order valence-corrected chi connectivity index (χ0v) is 14.2. The molecule has 5 nitrogen and oxygen atoms in total. The molecule has 0 atom stereocenters. The van der Waals surface area contributed by atoms with Gasteiger partial charge in [-0.2, -0.15) is 8.42 Å². The van der Waals surface area contributed by atoms with Crippen molar-refractivity contribution in [3.05, 3.63) is 65.8 Å². The Hall–Kier alpha value is -2.71. The molecule has 2 heterocycles. The van der Waals surface area contributed by atoms with Crippen LogP contribution in [-0.2, 0) is 10.1 Å². The Morgan fingerprint density at radius 2 is 1.88 bits per heavy atom. The first-order chi connectivity index (χ1) is 12.0. The van der Waals surface area contributed by atoms with Gasteiger partial charge in [0.15, 0.2) is 9.79 Å². The van der Waals surface area contributed by atoms with Crippen molar-refractivity contribution in [1.82, 2.24) is 5.16 Å². The second kappa shape index (κ2) is 5.98. The molecule has 0 fully saturated rings. The third-order valence-corrected chi connectivity index (χ3v) is 6.11. The molecule has 0 spiro atoms. The minimum absolute atomic E-state index is 0.122. The lowest BCUT2D eigenvalue weighted by Gasteiger charge is -2.04. The van der Waals surface area contributed by atoms with E-state index in [0.717, 1.165) is 11.3 Å². The number of hydrogen-bond donors (Lipinski definition) is 0. The Bertz CT molecular complexity index is 1130. The molecule has 0 aliphatic carbocycles. The van der Waals surface area contributed by atoms with Crippen molar-refractivity contribution in [3.8, 4) is 17.0 Å². The maximum absolute atomic E-state index is 13.1. The maximum atomic E-state index is 13.1. The predicted molar refractivity (Wildman–Crippen MR) is 91.5 cm³/mol. The summed E-state index contributed by atoms with van der Waals surface area (Å²) in [5.41, 5.74) is 1.61. The van der Waals surface area contributed by atoms with Crippen LogP contribution in [0.5, 0.6) is 5.75 Å². The summed E-state index contributed by atoms with van der Waals surface area (Å²) < 4.78 is 47.9. The van der Waals surface area contributed by atoms with Gasteiger partial charge in [0.05, 0.1) is 0 Å². The molecule has 0 N–H and O–H groups in total. The fourth-order valence-corrected chi connectivity index (χ4v) is 4.23. The SMILES string of the molecule is O=S(=O)(Oc1ccc2c(-c3ccc(F)cc3)noc2c1)c1cccs1. The van der Waals surface area contributed by atoms with E-state index in [1.807, 2.05) is 0 Å². The van der Waals surface area contributed by atoms with Crippen LogP contribution in [0.3, 0.4) is 0 Å². The number of rotatable bonds is 4. The first kappa shape index (κ1) is 15.8. The molecule has 0 bridgehead atoms. The Morgan fingerprint density at radius 3 is 2.60 bits per heavy atom. The molecule has 0 aliphatic rings. The lowest BCUT2D eigenvalue weighted by Crippen LogP contribution is -2.07. The van der Waals surface area contributed by atoms with Crippen LogP contribution in [-0.4, -0.2) is 13.6 Å². The van der Waals surface area contributed by atoms with Crippen LogP contribution in [0.2, 0.25) is 0 Å². The van der Waals surface area contributed by atoms with Crippen LogP contribution < -0.4 is 4.18 Å². The Kier molecular flexibility index (Phi) is 3.78. The summed E-state index contributed by atoms with van der Waals surface area (Å²) >= 11 is 1.08. The molecule has 4 aromatic rings. The van der Waals surface area contributed by atoms with Crippen molar-refractivity contribution >= 4 is 32.4 Å². The van der Waals surface area contributed by atoms with Gasteiger partial charge in [-0.25, -0.2) is 4.39 Å². The quantitative estimate of drug-likeness (QED) is 0.493. The molecule has 0 saturated heterocycles. The largest absolute Gasteiger partial charge is 0.378 e. The third kappa shape index (κ3) is 3.01. The van der Waals surface area contributed by atoms with Crippen molar-refractivity contribution in [2.45, 2.75) is 4.21 Å². The molecule has 0 saturated carbocycles. The van der Waals surface area contributed by atoms with Crippen molar-refractivity contribution in [2.75, 3.05) is 0 Å². The second-order valence-corrected chi connectivity index (χ2v) is 7.89. The maximum Gasteiger partial charge on any atom is 0.348 e. The first-order valence-electron chi connectivity index (χ1n) is 7.16. The highest BCUT2D eigenvalue weighted by molar-refractivity contribution is 7.89. The number of hydrogen-bond acceptors (Lipinski definition) is 6. The van der Waals surface area contributed by atoms with Gasteiger partial charge in [-0.15, -0.1) is 11.3 Å². The smallest absolute Gasteiger partial charge is 0.348 e. The van der Waals surface area contributed by atoms with Gasteiger partial charge in [0, 0.05) is 17.0 Å². The Labute approximate surface area is 146 Å².